The number of nitrogens with one attached hydrogen (secondary N) is 1. The van der Waals surface area contributed by atoms with Crippen LogP contribution in [0.25, 0.3) is 0 Å². The maximum Gasteiger partial charge on any atom is 0.230 e. The Morgan fingerprint density at radius 2 is 1.89 bits per heavy atom. The summed E-state index contributed by atoms with van der Waals surface area (Å²) in [6.45, 7) is 3.94. The Balaban J connectivity index is 1.30. The number of amides is 1. The second-order valence-corrected chi connectivity index (χ2v) is 7.95. The molecule has 0 radical (unpaired) electrons. The van der Waals surface area contributed by atoms with Gasteiger partial charge in [0.05, 0.1) is 18.1 Å². The van der Waals surface area contributed by atoms with E-state index in [1.807, 2.05) is 30.3 Å². The molecule has 0 aromatic heterocycles. The van der Waals surface area contributed by atoms with E-state index in [4.69, 9.17) is 16.3 Å². The Bertz CT molecular complexity index is 775. The first-order chi connectivity index (χ1) is 13.2. The molecule has 1 aliphatic heterocycles. The first kappa shape index (κ1) is 18.5. The Hall–Kier alpha value is -1.88. The molecule has 0 bridgehead atoms. The highest BCUT2D eigenvalue weighted by Crippen LogP contribution is 2.48. The fourth-order valence-corrected chi connectivity index (χ4v) is 3.93. The SMILES string of the molecule is O=C(NCC1CN(Cc2ccccc2)CCO1)C1(c2ccc(Cl)cc2)CC1. The molecule has 1 N–H and O–H groups in total. The molecule has 2 aromatic carbocycles. The minimum absolute atomic E-state index is 0.0347. The highest BCUT2D eigenvalue weighted by Gasteiger charge is 2.51. The second-order valence-electron chi connectivity index (χ2n) is 7.51. The summed E-state index contributed by atoms with van der Waals surface area (Å²) < 4.78 is 5.88. The Labute approximate surface area is 165 Å². The van der Waals surface area contributed by atoms with Crippen LogP contribution in [-0.2, 0) is 21.5 Å². The van der Waals surface area contributed by atoms with Crippen molar-refractivity contribution in [2.45, 2.75) is 30.9 Å². The monoisotopic (exact) mass is 384 g/mol. The van der Waals surface area contributed by atoms with E-state index in [0.717, 1.165) is 38.0 Å². The number of hydrogen-bond donors (Lipinski definition) is 1. The van der Waals surface area contributed by atoms with Gasteiger partial charge in [-0.3, -0.25) is 9.69 Å². The van der Waals surface area contributed by atoms with Crippen LogP contribution in [0.5, 0.6) is 0 Å². The molecule has 4 rings (SSSR count). The van der Waals surface area contributed by atoms with E-state index in [1.54, 1.807) is 0 Å². The number of hydrogen-bond acceptors (Lipinski definition) is 3. The number of nitrogens with zero attached hydrogens (tertiary/aromatic N) is 1. The molecule has 1 aliphatic carbocycles. The molecular formula is C22H25ClN2O2. The van der Waals surface area contributed by atoms with E-state index >= 15 is 0 Å². The van der Waals surface area contributed by atoms with Gasteiger partial charge >= 0.3 is 0 Å². The summed E-state index contributed by atoms with van der Waals surface area (Å²) in [6.07, 6.45) is 1.82. The van der Waals surface area contributed by atoms with Crippen molar-refractivity contribution in [3.8, 4) is 0 Å². The maximum atomic E-state index is 12.8. The van der Waals surface area contributed by atoms with Gasteiger partial charge in [-0.15, -0.1) is 0 Å². The topological polar surface area (TPSA) is 41.6 Å². The summed E-state index contributed by atoms with van der Waals surface area (Å²) >= 11 is 5.97. The van der Waals surface area contributed by atoms with Crippen LogP contribution in [0.4, 0.5) is 0 Å². The molecule has 1 atom stereocenters. The summed E-state index contributed by atoms with van der Waals surface area (Å²) in [5, 5.41) is 3.83. The van der Waals surface area contributed by atoms with Crippen molar-refractivity contribution in [1.29, 1.82) is 0 Å². The molecule has 2 fully saturated rings. The van der Waals surface area contributed by atoms with Gasteiger partial charge in [0.25, 0.3) is 0 Å². The van der Waals surface area contributed by atoms with Gasteiger partial charge in [-0.1, -0.05) is 54.1 Å². The predicted octanol–water partition coefficient (Wildman–Crippen LogP) is 3.39. The second kappa shape index (κ2) is 8.01. The molecule has 142 valence electrons. The summed E-state index contributed by atoms with van der Waals surface area (Å²) in [4.78, 5) is 15.2. The van der Waals surface area contributed by atoms with E-state index in [9.17, 15) is 4.79 Å². The van der Waals surface area contributed by atoms with Crippen LogP contribution in [0.2, 0.25) is 5.02 Å². The largest absolute Gasteiger partial charge is 0.374 e. The van der Waals surface area contributed by atoms with E-state index in [1.165, 1.54) is 5.56 Å². The smallest absolute Gasteiger partial charge is 0.230 e. The zero-order chi connectivity index (χ0) is 18.7. The van der Waals surface area contributed by atoms with Gasteiger partial charge in [0.2, 0.25) is 5.91 Å². The van der Waals surface area contributed by atoms with E-state index < -0.39 is 0 Å². The quantitative estimate of drug-likeness (QED) is 0.830. The molecule has 1 amide bonds. The average molecular weight is 385 g/mol. The van der Waals surface area contributed by atoms with Gasteiger partial charge < -0.3 is 10.1 Å². The molecular weight excluding hydrogens is 360 g/mol. The lowest BCUT2D eigenvalue weighted by atomic mass is 9.95. The maximum absolute atomic E-state index is 12.8. The molecule has 2 aromatic rings. The number of morpholine rings is 1. The van der Waals surface area contributed by atoms with Crippen LogP contribution in [0.3, 0.4) is 0 Å². The number of rotatable bonds is 6. The number of carbonyl (C=O) groups excluding carboxylic acids is 1. The van der Waals surface area contributed by atoms with Crippen molar-refractivity contribution in [2.75, 3.05) is 26.2 Å². The zero-order valence-electron chi connectivity index (χ0n) is 15.4. The summed E-state index contributed by atoms with van der Waals surface area (Å²) in [5.74, 6) is 0.105. The van der Waals surface area contributed by atoms with Crippen molar-refractivity contribution >= 4 is 17.5 Å². The van der Waals surface area contributed by atoms with Crippen LogP contribution in [0, 0.1) is 0 Å². The number of benzene rings is 2. The molecule has 1 saturated heterocycles. The van der Waals surface area contributed by atoms with Crippen molar-refractivity contribution < 1.29 is 9.53 Å². The first-order valence-corrected chi connectivity index (χ1v) is 9.96. The van der Waals surface area contributed by atoms with Crippen molar-refractivity contribution in [2.24, 2.45) is 0 Å². The highest BCUT2D eigenvalue weighted by molar-refractivity contribution is 6.30. The van der Waals surface area contributed by atoms with Crippen molar-refractivity contribution in [3.63, 3.8) is 0 Å². The first-order valence-electron chi connectivity index (χ1n) is 9.58. The lowest BCUT2D eigenvalue weighted by Gasteiger charge is -2.33. The van der Waals surface area contributed by atoms with Gasteiger partial charge in [-0.05, 0) is 36.1 Å². The number of halogens is 1. The van der Waals surface area contributed by atoms with Crippen LogP contribution < -0.4 is 5.32 Å². The Morgan fingerprint density at radius 1 is 1.15 bits per heavy atom. The number of carbonyl (C=O) groups is 1. The van der Waals surface area contributed by atoms with E-state index in [-0.39, 0.29) is 17.4 Å². The van der Waals surface area contributed by atoms with Gasteiger partial charge in [0.15, 0.2) is 0 Å². The van der Waals surface area contributed by atoms with Gasteiger partial charge in [-0.25, -0.2) is 0 Å². The summed E-state index contributed by atoms with van der Waals surface area (Å²) in [5.41, 5.74) is 1.99. The molecule has 1 unspecified atom stereocenters. The minimum Gasteiger partial charge on any atom is -0.374 e. The van der Waals surface area contributed by atoms with Crippen molar-refractivity contribution in [1.82, 2.24) is 10.2 Å². The lowest BCUT2D eigenvalue weighted by molar-refractivity contribution is -0.124. The van der Waals surface area contributed by atoms with Crippen molar-refractivity contribution in [3.05, 3.63) is 70.7 Å². The fourth-order valence-electron chi connectivity index (χ4n) is 3.81. The molecule has 2 aliphatic rings. The molecule has 1 saturated carbocycles. The molecule has 0 spiro atoms. The predicted molar refractivity (Wildman–Crippen MR) is 107 cm³/mol. The third-order valence-corrected chi connectivity index (χ3v) is 5.80. The fraction of sp³-hybridized carbons (Fsp3) is 0.409. The molecule has 4 nitrogen and oxygen atoms in total. The van der Waals surface area contributed by atoms with Crippen LogP contribution in [0.15, 0.2) is 54.6 Å². The van der Waals surface area contributed by atoms with Gasteiger partial charge in [-0.2, -0.15) is 0 Å². The molecule has 27 heavy (non-hydrogen) atoms. The van der Waals surface area contributed by atoms with Crippen LogP contribution in [0.1, 0.15) is 24.0 Å². The zero-order valence-corrected chi connectivity index (χ0v) is 16.1. The lowest BCUT2D eigenvalue weighted by Crippen LogP contribution is -2.48. The summed E-state index contributed by atoms with van der Waals surface area (Å²) in [6, 6.07) is 18.1. The van der Waals surface area contributed by atoms with E-state index in [2.05, 4.69) is 34.5 Å². The molecule has 1 heterocycles. The highest BCUT2D eigenvalue weighted by atomic mass is 35.5. The van der Waals surface area contributed by atoms with Gasteiger partial charge in [0.1, 0.15) is 0 Å². The Kier molecular flexibility index (Phi) is 5.48. The normalized spacial score (nSPS) is 21.6. The Morgan fingerprint density at radius 3 is 2.59 bits per heavy atom. The van der Waals surface area contributed by atoms with Crippen LogP contribution in [-0.4, -0.2) is 43.2 Å². The average Bonchev–Trinajstić information content (AvgIpc) is 3.50. The minimum atomic E-state index is -0.372. The van der Waals surface area contributed by atoms with Gasteiger partial charge in [0, 0.05) is 31.2 Å². The summed E-state index contributed by atoms with van der Waals surface area (Å²) in [7, 11) is 0. The third-order valence-electron chi connectivity index (χ3n) is 5.54. The number of ether oxygens (including phenoxy) is 1. The van der Waals surface area contributed by atoms with E-state index in [0.29, 0.717) is 18.2 Å². The molecule has 5 heteroatoms. The van der Waals surface area contributed by atoms with Crippen LogP contribution >= 0.6 is 11.6 Å². The third kappa shape index (κ3) is 4.34. The standard InChI is InChI=1S/C22H25ClN2O2/c23-19-8-6-18(7-9-19)22(10-11-22)21(26)24-14-20-16-25(12-13-27-20)15-17-4-2-1-3-5-17/h1-9,20H,10-16H2,(H,24,26).